The molecule has 0 bridgehead atoms. The number of Topliss-reactive ketones (excluding diaryl/α,β-unsaturated/α-hetero) is 1. The molecule has 0 radical (unpaired) electrons. The molecule has 0 aromatic heterocycles. The normalized spacial score (nSPS) is 29.0. The van der Waals surface area contributed by atoms with Gasteiger partial charge in [0.05, 0.1) is 0 Å². The van der Waals surface area contributed by atoms with Gasteiger partial charge in [-0.3, -0.25) is 4.79 Å². The van der Waals surface area contributed by atoms with Crippen LogP contribution in [-0.4, -0.2) is 5.78 Å². The van der Waals surface area contributed by atoms with Crippen molar-refractivity contribution >= 4 is 5.78 Å². The van der Waals surface area contributed by atoms with E-state index in [-0.39, 0.29) is 0 Å². The number of carbonyl (C=O) groups is 1. The molecule has 50 valence electrons. The maximum atomic E-state index is 10.8. The van der Waals surface area contributed by atoms with E-state index in [1.165, 1.54) is 0 Å². The molecule has 0 aliphatic heterocycles. The first-order valence-electron chi connectivity index (χ1n) is 3.41. The summed E-state index contributed by atoms with van der Waals surface area (Å²) >= 11 is 0. The third kappa shape index (κ3) is 1.04. The van der Waals surface area contributed by atoms with E-state index in [0.717, 1.165) is 12.8 Å². The summed E-state index contributed by atoms with van der Waals surface area (Å²) in [6, 6.07) is 0. The van der Waals surface area contributed by atoms with Gasteiger partial charge >= 0.3 is 0 Å². The highest BCUT2D eigenvalue weighted by Crippen LogP contribution is 2.29. The van der Waals surface area contributed by atoms with Gasteiger partial charge in [0, 0.05) is 12.3 Å². The van der Waals surface area contributed by atoms with Crippen LogP contribution in [0.15, 0.2) is 12.7 Å². The Kier molecular flexibility index (Phi) is 1.70. The lowest BCUT2D eigenvalue weighted by atomic mass is 9.75. The van der Waals surface area contributed by atoms with Crippen molar-refractivity contribution < 1.29 is 4.79 Å². The van der Waals surface area contributed by atoms with E-state index in [9.17, 15) is 4.79 Å². The summed E-state index contributed by atoms with van der Waals surface area (Å²) in [6.45, 7) is 5.70. The van der Waals surface area contributed by atoms with Crippen LogP contribution in [0.3, 0.4) is 0 Å². The molecule has 2 atom stereocenters. The summed E-state index contributed by atoms with van der Waals surface area (Å²) in [5.74, 6) is 1.12. The molecule has 0 aromatic rings. The summed E-state index contributed by atoms with van der Waals surface area (Å²) in [5.41, 5.74) is 0. The van der Waals surface area contributed by atoms with E-state index >= 15 is 0 Å². The van der Waals surface area contributed by atoms with Crippen molar-refractivity contribution in [1.29, 1.82) is 0 Å². The van der Waals surface area contributed by atoms with E-state index in [0.29, 0.717) is 17.6 Å². The van der Waals surface area contributed by atoms with E-state index in [4.69, 9.17) is 0 Å². The van der Waals surface area contributed by atoms with E-state index < -0.39 is 0 Å². The van der Waals surface area contributed by atoms with Gasteiger partial charge in [-0.15, -0.1) is 6.58 Å². The second kappa shape index (κ2) is 2.34. The van der Waals surface area contributed by atoms with Gasteiger partial charge in [0.2, 0.25) is 0 Å². The Morgan fingerprint density at radius 3 is 2.67 bits per heavy atom. The number of ketones is 1. The Morgan fingerprint density at radius 1 is 1.89 bits per heavy atom. The third-order valence-corrected chi connectivity index (χ3v) is 2.12. The number of carbonyl (C=O) groups excluding carboxylic acids is 1. The highest BCUT2D eigenvalue weighted by Gasteiger charge is 2.30. The molecule has 1 heteroatoms. The fourth-order valence-electron chi connectivity index (χ4n) is 1.15. The largest absolute Gasteiger partial charge is 0.299 e. The van der Waals surface area contributed by atoms with Crippen molar-refractivity contribution in [3.63, 3.8) is 0 Å². The lowest BCUT2D eigenvalue weighted by Crippen LogP contribution is -2.30. The quantitative estimate of drug-likeness (QED) is 0.513. The van der Waals surface area contributed by atoms with E-state index in [1.807, 2.05) is 6.08 Å². The zero-order valence-corrected chi connectivity index (χ0v) is 5.76. The van der Waals surface area contributed by atoms with E-state index in [1.54, 1.807) is 0 Å². The van der Waals surface area contributed by atoms with Crippen LogP contribution in [0, 0.1) is 11.8 Å². The van der Waals surface area contributed by atoms with Gasteiger partial charge in [-0.05, 0) is 12.3 Å². The predicted molar refractivity (Wildman–Crippen MR) is 37.1 cm³/mol. The molecule has 9 heavy (non-hydrogen) atoms. The molecule has 1 aliphatic rings. The number of hydrogen-bond acceptors (Lipinski definition) is 1. The highest BCUT2D eigenvalue weighted by atomic mass is 16.1. The van der Waals surface area contributed by atoms with Crippen LogP contribution in [0.1, 0.15) is 19.8 Å². The maximum Gasteiger partial charge on any atom is 0.136 e. The van der Waals surface area contributed by atoms with Crippen molar-refractivity contribution in [3.05, 3.63) is 12.7 Å². The molecule has 0 heterocycles. The molecule has 0 spiro atoms. The Morgan fingerprint density at radius 2 is 2.56 bits per heavy atom. The zero-order valence-electron chi connectivity index (χ0n) is 5.76. The lowest BCUT2D eigenvalue weighted by Gasteiger charge is -2.27. The lowest BCUT2D eigenvalue weighted by molar-refractivity contribution is -0.130. The van der Waals surface area contributed by atoms with Crippen LogP contribution in [0.2, 0.25) is 0 Å². The number of allylic oxidation sites excluding steroid dienone is 1. The number of hydrogen-bond donors (Lipinski definition) is 0. The van der Waals surface area contributed by atoms with Crippen molar-refractivity contribution in [1.82, 2.24) is 0 Å². The van der Waals surface area contributed by atoms with Crippen LogP contribution in [-0.2, 0) is 4.79 Å². The molecule has 1 saturated carbocycles. The second-order valence-corrected chi connectivity index (χ2v) is 2.71. The summed E-state index contributed by atoms with van der Waals surface area (Å²) < 4.78 is 0. The first kappa shape index (κ1) is 6.53. The minimum atomic E-state index is 0.308. The SMILES string of the molecule is C=CC(C)C1CCC1=O. The maximum absolute atomic E-state index is 10.8. The monoisotopic (exact) mass is 124 g/mol. The van der Waals surface area contributed by atoms with Gasteiger partial charge in [0.1, 0.15) is 5.78 Å². The summed E-state index contributed by atoms with van der Waals surface area (Å²) in [5, 5.41) is 0. The molecule has 0 N–H and O–H groups in total. The van der Waals surface area contributed by atoms with Gasteiger partial charge in [0.25, 0.3) is 0 Å². The molecule has 1 rings (SSSR count). The fourth-order valence-corrected chi connectivity index (χ4v) is 1.15. The Balaban J connectivity index is 2.43. The third-order valence-electron chi connectivity index (χ3n) is 2.12. The molecule has 0 aromatic carbocycles. The van der Waals surface area contributed by atoms with Gasteiger partial charge in [0.15, 0.2) is 0 Å². The first-order valence-corrected chi connectivity index (χ1v) is 3.41. The van der Waals surface area contributed by atoms with Gasteiger partial charge in [-0.2, -0.15) is 0 Å². The van der Waals surface area contributed by atoms with E-state index in [2.05, 4.69) is 13.5 Å². The molecule has 0 amide bonds. The Hall–Kier alpha value is -0.590. The minimum Gasteiger partial charge on any atom is -0.299 e. The van der Waals surface area contributed by atoms with Crippen molar-refractivity contribution in [2.45, 2.75) is 19.8 Å². The highest BCUT2D eigenvalue weighted by molar-refractivity contribution is 5.86. The standard InChI is InChI=1S/C8H12O/c1-3-6(2)7-4-5-8(7)9/h3,6-7H,1,4-5H2,2H3. The molecule has 1 aliphatic carbocycles. The van der Waals surface area contributed by atoms with Crippen molar-refractivity contribution in [3.8, 4) is 0 Å². The zero-order chi connectivity index (χ0) is 6.85. The van der Waals surface area contributed by atoms with Crippen molar-refractivity contribution in [2.75, 3.05) is 0 Å². The molecule has 1 nitrogen and oxygen atoms in total. The van der Waals surface area contributed by atoms with Gasteiger partial charge < -0.3 is 0 Å². The predicted octanol–water partition coefficient (Wildman–Crippen LogP) is 1.79. The average Bonchev–Trinajstić information content (AvgIpc) is 1.84. The fraction of sp³-hybridized carbons (Fsp3) is 0.625. The molecular weight excluding hydrogens is 112 g/mol. The van der Waals surface area contributed by atoms with Crippen LogP contribution in [0.25, 0.3) is 0 Å². The van der Waals surface area contributed by atoms with Crippen LogP contribution < -0.4 is 0 Å². The van der Waals surface area contributed by atoms with Crippen LogP contribution >= 0.6 is 0 Å². The Bertz CT molecular complexity index is 138. The first-order chi connectivity index (χ1) is 4.25. The van der Waals surface area contributed by atoms with Crippen molar-refractivity contribution in [2.24, 2.45) is 11.8 Å². The summed E-state index contributed by atoms with van der Waals surface area (Å²) in [7, 11) is 0. The summed E-state index contributed by atoms with van der Waals surface area (Å²) in [4.78, 5) is 10.8. The molecule has 2 unspecified atom stereocenters. The number of rotatable bonds is 2. The van der Waals surface area contributed by atoms with Gasteiger partial charge in [-0.1, -0.05) is 13.0 Å². The smallest absolute Gasteiger partial charge is 0.136 e. The molecular formula is C8H12O. The average molecular weight is 124 g/mol. The van der Waals surface area contributed by atoms with Crippen LogP contribution in [0.5, 0.6) is 0 Å². The molecule has 1 fully saturated rings. The molecule has 0 saturated heterocycles. The van der Waals surface area contributed by atoms with Gasteiger partial charge in [-0.25, -0.2) is 0 Å². The summed E-state index contributed by atoms with van der Waals surface area (Å²) in [6.07, 6.45) is 3.73. The topological polar surface area (TPSA) is 17.1 Å². The minimum absolute atomic E-state index is 0.308. The second-order valence-electron chi connectivity index (χ2n) is 2.71. The Labute approximate surface area is 55.8 Å². The van der Waals surface area contributed by atoms with Crippen LogP contribution in [0.4, 0.5) is 0 Å².